The molecule has 0 N–H and O–H groups in total. The van der Waals surface area contributed by atoms with Gasteiger partial charge in [-0.3, -0.25) is 0 Å². The van der Waals surface area contributed by atoms with E-state index in [1.807, 2.05) is 0 Å². The molecule has 1 saturated heterocycles. The Morgan fingerprint density at radius 2 is 1.20 bits per heavy atom. The fraction of sp³-hybridized carbons (Fsp3) is 1.00. The summed E-state index contributed by atoms with van der Waals surface area (Å²) in [6, 6.07) is 0. The minimum absolute atomic E-state index is 0.214. The monoisotopic (exact) mass is 574 g/mol. The SMILES string of the molecule is CCC[CH2][Sn]([CH2]CCC)([CH2]CCC)[C@@H]1O[C@H](CC)[C@@H](CC)[C@@H](CI)O1. The van der Waals surface area contributed by atoms with Crippen LogP contribution in [0.4, 0.5) is 0 Å². The van der Waals surface area contributed by atoms with E-state index in [2.05, 4.69) is 57.2 Å². The molecule has 0 saturated carbocycles. The Balaban J connectivity index is 3.07. The Morgan fingerprint density at radius 3 is 1.56 bits per heavy atom. The van der Waals surface area contributed by atoms with Crippen LogP contribution in [0.15, 0.2) is 0 Å². The molecule has 1 heterocycles. The molecule has 0 aromatic rings. The standard InChI is InChI=1S/C9H16IO2.3C4H9.Sn/c1-3-7-8(4-2)11-6-12-9(7)5-10;3*1-3-4-2;/h6-9H,3-5H2,1-2H3;3*1,3-4H2,2H3;/t7-,8-,9-;;;;/m1..../s1. The summed E-state index contributed by atoms with van der Waals surface area (Å²) in [6.07, 6.45) is 11.3. The van der Waals surface area contributed by atoms with Crippen molar-refractivity contribution in [2.24, 2.45) is 5.92 Å². The molecule has 0 radical (unpaired) electrons. The van der Waals surface area contributed by atoms with Crippen molar-refractivity contribution in [3.63, 3.8) is 0 Å². The van der Waals surface area contributed by atoms with E-state index >= 15 is 0 Å². The van der Waals surface area contributed by atoms with Crippen molar-refractivity contribution in [1.82, 2.24) is 0 Å². The Bertz CT molecular complexity index is 304. The summed E-state index contributed by atoms with van der Waals surface area (Å²) in [7, 11) is 0. The van der Waals surface area contributed by atoms with Crippen LogP contribution in [0.3, 0.4) is 0 Å². The van der Waals surface area contributed by atoms with E-state index in [0.717, 1.165) is 10.8 Å². The van der Waals surface area contributed by atoms with Gasteiger partial charge in [-0.25, -0.2) is 0 Å². The molecule has 150 valence electrons. The van der Waals surface area contributed by atoms with Crippen molar-refractivity contribution in [2.45, 2.75) is 116 Å². The topological polar surface area (TPSA) is 18.5 Å². The average Bonchev–Trinajstić information content (AvgIpc) is 2.66. The molecule has 0 aromatic carbocycles. The second-order valence-electron chi connectivity index (χ2n) is 7.99. The first-order valence-corrected chi connectivity index (χ1v) is 20.2. The van der Waals surface area contributed by atoms with Gasteiger partial charge in [0.2, 0.25) is 0 Å². The molecule has 0 spiro atoms. The third kappa shape index (κ3) is 7.08. The Hall–Kier alpha value is 1.45. The zero-order chi connectivity index (χ0) is 18.7. The molecule has 4 atom stereocenters. The third-order valence-electron chi connectivity index (χ3n) is 6.16. The first-order chi connectivity index (χ1) is 12.1. The van der Waals surface area contributed by atoms with E-state index in [4.69, 9.17) is 9.47 Å². The number of ether oxygens (including phenoxy) is 2. The van der Waals surface area contributed by atoms with Crippen LogP contribution in [0, 0.1) is 5.92 Å². The van der Waals surface area contributed by atoms with Crippen LogP contribution in [-0.2, 0) is 9.47 Å². The Morgan fingerprint density at radius 1 is 0.720 bits per heavy atom. The Kier molecular flexibility index (Phi) is 13.3. The van der Waals surface area contributed by atoms with Crippen LogP contribution in [0.25, 0.3) is 0 Å². The van der Waals surface area contributed by atoms with Gasteiger partial charge in [-0.05, 0) is 0 Å². The van der Waals surface area contributed by atoms with Crippen LogP contribution in [0.1, 0.15) is 86.0 Å². The summed E-state index contributed by atoms with van der Waals surface area (Å²) < 4.78 is 19.3. The van der Waals surface area contributed by atoms with Gasteiger partial charge < -0.3 is 0 Å². The van der Waals surface area contributed by atoms with E-state index in [0.29, 0.717) is 18.1 Å². The van der Waals surface area contributed by atoms with E-state index in [1.165, 1.54) is 58.3 Å². The van der Waals surface area contributed by atoms with Gasteiger partial charge in [-0.2, -0.15) is 0 Å². The number of hydrogen-bond donors (Lipinski definition) is 0. The molecule has 4 heteroatoms. The molecule has 0 bridgehead atoms. The first kappa shape index (κ1) is 24.5. The predicted octanol–water partition coefficient (Wildman–Crippen LogP) is 7.36. The van der Waals surface area contributed by atoms with Crippen LogP contribution < -0.4 is 0 Å². The van der Waals surface area contributed by atoms with Gasteiger partial charge in [-0.15, -0.1) is 0 Å². The fourth-order valence-corrected chi connectivity index (χ4v) is 21.2. The van der Waals surface area contributed by atoms with Crippen molar-refractivity contribution >= 4 is 41.0 Å². The van der Waals surface area contributed by atoms with Crippen molar-refractivity contribution < 1.29 is 9.47 Å². The van der Waals surface area contributed by atoms with Gasteiger partial charge >= 0.3 is 177 Å². The van der Waals surface area contributed by atoms with Gasteiger partial charge in [0, 0.05) is 0 Å². The summed E-state index contributed by atoms with van der Waals surface area (Å²) in [4.78, 5) is 0. The molecular weight excluding hydrogens is 530 g/mol. The van der Waals surface area contributed by atoms with Crippen LogP contribution in [-0.4, -0.2) is 39.3 Å². The van der Waals surface area contributed by atoms with Gasteiger partial charge in [0.15, 0.2) is 0 Å². The summed E-state index contributed by atoms with van der Waals surface area (Å²) in [6.45, 7) is 11.6. The van der Waals surface area contributed by atoms with Gasteiger partial charge in [0.25, 0.3) is 0 Å². The van der Waals surface area contributed by atoms with E-state index < -0.39 is 18.4 Å². The fourth-order valence-electron chi connectivity index (χ4n) is 4.47. The molecule has 2 nitrogen and oxygen atoms in total. The number of hydrogen-bond acceptors (Lipinski definition) is 2. The maximum atomic E-state index is 6.80. The molecule has 1 rings (SSSR count). The zero-order valence-corrected chi connectivity index (χ0v) is 22.5. The molecule has 0 aliphatic carbocycles. The second-order valence-corrected chi connectivity index (χ2v) is 22.3. The third-order valence-corrected chi connectivity index (χ3v) is 22.2. The molecular formula is C21H43IO2Sn. The van der Waals surface area contributed by atoms with Crippen LogP contribution in [0.5, 0.6) is 0 Å². The summed E-state index contributed by atoms with van der Waals surface area (Å²) in [5.74, 6) is 0.589. The number of alkyl halides is 1. The molecule has 0 amide bonds. The van der Waals surface area contributed by atoms with Crippen molar-refractivity contribution in [3.05, 3.63) is 0 Å². The first-order valence-electron chi connectivity index (χ1n) is 11.0. The van der Waals surface area contributed by atoms with Gasteiger partial charge in [-0.1, -0.05) is 0 Å². The van der Waals surface area contributed by atoms with Gasteiger partial charge in [0.05, 0.1) is 0 Å². The van der Waals surface area contributed by atoms with Crippen LogP contribution in [0.2, 0.25) is 13.3 Å². The summed E-state index contributed by atoms with van der Waals surface area (Å²) in [5, 5.41) is 0. The van der Waals surface area contributed by atoms with Gasteiger partial charge in [0.1, 0.15) is 0 Å². The van der Waals surface area contributed by atoms with Crippen LogP contribution >= 0.6 is 22.6 Å². The van der Waals surface area contributed by atoms with Crippen molar-refractivity contribution in [2.75, 3.05) is 4.43 Å². The molecule has 1 aliphatic rings. The predicted molar refractivity (Wildman–Crippen MR) is 121 cm³/mol. The number of halogens is 1. The molecule has 25 heavy (non-hydrogen) atoms. The van der Waals surface area contributed by atoms with E-state index in [-0.39, 0.29) is 4.31 Å². The molecule has 1 aliphatic heterocycles. The molecule has 1 fully saturated rings. The second kappa shape index (κ2) is 13.6. The van der Waals surface area contributed by atoms with E-state index in [9.17, 15) is 0 Å². The van der Waals surface area contributed by atoms with E-state index in [1.54, 1.807) is 0 Å². The Labute approximate surface area is 175 Å². The summed E-state index contributed by atoms with van der Waals surface area (Å²) >= 11 is 0.0614. The van der Waals surface area contributed by atoms with Crippen molar-refractivity contribution in [3.8, 4) is 0 Å². The van der Waals surface area contributed by atoms with Crippen molar-refractivity contribution in [1.29, 1.82) is 0 Å². The zero-order valence-electron chi connectivity index (χ0n) is 17.5. The maximum absolute atomic E-state index is 6.80. The normalized spacial score (nSPS) is 27.6. The number of rotatable bonds is 13. The summed E-state index contributed by atoms with van der Waals surface area (Å²) in [5.41, 5.74) is 0. The minimum atomic E-state index is -2.48. The average molecular weight is 573 g/mol. The molecule has 0 unspecified atom stereocenters. The quantitative estimate of drug-likeness (QED) is 0.130. The number of unbranched alkanes of at least 4 members (excludes halogenated alkanes) is 3. The molecule has 0 aromatic heterocycles.